The van der Waals surface area contributed by atoms with E-state index < -0.39 is 6.10 Å². The summed E-state index contributed by atoms with van der Waals surface area (Å²) < 4.78 is 2.53. The third kappa shape index (κ3) is 1.86. The molecule has 2 aromatic heterocycles. The van der Waals surface area contributed by atoms with Gasteiger partial charge in [-0.2, -0.15) is 0 Å². The molecule has 1 N–H and O–H groups in total. The summed E-state index contributed by atoms with van der Waals surface area (Å²) >= 11 is 5.44. The summed E-state index contributed by atoms with van der Waals surface area (Å²) in [7, 11) is 0. The lowest BCUT2D eigenvalue weighted by molar-refractivity contribution is 0.170. The van der Waals surface area contributed by atoms with Gasteiger partial charge in [0.2, 0.25) is 0 Å². The van der Waals surface area contributed by atoms with Crippen molar-refractivity contribution in [2.75, 3.05) is 5.88 Å². The molecule has 0 spiro atoms. The summed E-state index contributed by atoms with van der Waals surface area (Å²) in [5.74, 6) is 0.0680. The number of halogens is 1. The molecular weight excluding hydrogens is 220 g/mol. The van der Waals surface area contributed by atoms with E-state index in [1.54, 1.807) is 0 Å². The van der Waals surface area contributed by atoms with Crippen LogP contribution in [0.4, 0.5) is 0 Å². The van der Waals surface area contributed by atoms with E-state index in [4.69, 9.17) is 11.6 Å². The van der Waals surface area contributed by atoms with Crippen LogP contribution in [0.5, 0.6) is 0 Å². The van der Waals surface area contributed by atoms with Crippen LogP contribution in [0.1, 0.15) is 0 Å². The molecule has 0 fully saturated rings. The lowest BCUT2D eigenvalue weighted by Crippen LogP contribution is -2.28. The van der Waals surface area contributed by atoms with Crippen molar-refractivity contribution in [3.05, 3.63) is 29.1 Å². The average molecular weight is 229 g/mol. The van der Waals surface area contributed by atoms with Crippen LogP contribution in [-0.2, 0) is 6.54 Å². The number of aliphatic hydroxyl groups is 1. The number of hydrogen-bond donors (Lipinski definition) is 1. The Labute approximate surface area is 89.7 Å². The van der Waals surface area contributed by atoms with Gasteiger partial charge in [0.25, 0.3) is 0 Å². The molecule has 6 nitrogen and oxygen atoms in total. The molecule has 2 heterocycles. The Hall–Kier alpha value is -1.40. The summed E-state index contributed by atoms with van der Waals surface area (Å²) in [6, 6.07) is 0. The van der Waals surface area contributed by atoms with Gasteiger partial charge >= 0.3 is 5.69 Å². The van der Waals surface area contributed by atoms with Gasteiger partial charge < -0.3 is 5.11 Å². The van der Waals surface area contributed by atoms with Crippen LogP contribution >= 0.6 is 11.6 Å². The highest BCUT2D eigenvalue weighted by Crippen LogP contribution is 1.95. The fourth-order valence-electron chi connectivity index (χ4n) is 1.25. The van der Waals surface area contributed by atoms with Crippen LogP contribution in [-0.4, -0.2) is 36.3 Å². The van der Waals surface area contributed by atoms with Gasteiger partial charge in [-0.3, -0.25) is 4.98 Å². The van der Waals surface area contributed by atoms with Crippen molar-refractivity contribution < 1.29 is 5.11 Å². The maximum Gasteiger partial charge on any atom is 0.350 e. The second-order valence-corrected chi connectivity index (χ2v) is 3.39. The molecule has 80 valence electrons. The summed E-state index contributed by atoms with van der Waals surface area (Å²) in [5.41, 5.74) is 0.140. The van der Waals surface area contributed by atoms with E-state index in [2.05, 4.69) is 10.1 Å². The zero-order valence-electron chi connectivity index (χ0n) is 7.75. The quantitative estimate of drug-likeness (QED) is 0.719. The number of alkyl halides is 1. The van der Waals surface area contributed by atoms with Crippen molar-refractivity contribution in [2.24, 2.45) is 0 Å². The summed E-state index contributed by atoms with van der Waals surface area (Å²) in [6.07, 6.45) is 3.72. The molecule has 1 unspecified atom stereocenters. The third-order valence-corrected chi connectivity index (χ3v) is 2.31. The molecule has 0 bridgehead atoms. The van der Waals surface area contributed by atoms with Crippen molar-refractivity contribution in [3.8, 4) is 0 Å². The van der Waals surface area contributed by atoms with Gasteiger partial charge in [0.1, 0.15) is 0 Å². The standard InChI is InChI=1S/C8H9ClN4O2/c9-3-6(14)5-13-8(15)12-2-1-10-4-7(12)11-13/h1-2,4,6,14H,3,5H2. The Morgan fingerprint density at radius 2 is 2.40 bits per heavy atom. The minimum absolute atomic E-state index is 0.0680. The first kappa shape index (κ1) is 10.1. The molecule has 0 saturated heterocycles. The van der Waals surface area contributed by atoms with E-state index in [0.717, 1.165) is 0 Å². The Bertz CT molecular complexity index is 521. The number of aromatic nitrogens is 4. The van der Waals surface area contributed by atoms with Gasteiger partial charge in [-0.1, -0.05) is 0 Å². The third-order valence-electron chi connectivity index (χ3n) is 1.95. The molecule has 0 aliphatic heterocycles. The Kier molecular flexibility index (Phi) is 2.70. The molecule has 2 aromatic rings. The van der Waals surface area contributed by atoms with Crippen LogP contribution < -0.4 is 5.69 Å². The van der Waals surface area contributed by atoms with Crippen LogP contribution in [0.2, 0.25) is 0 Å². The molecule has 7 heteroatoms. The SMILES string of the molecule is O=c1n(CC(O)CCl)nc2cnccn12. The topological polar surface area (TPSA) is 72.4 Å². The molecule has 0 aliphatic carbocycles. The molecule has 0 amide bonds. The first-order chi connectivity index (χ1) is 7.22. The van der Waals surface area contributed by atoms with Gasteiger partial charge in [0.05, 0.1) is 24.7 Å². The molecule has 1 atom stereocenters. The predicted octanol–water partition coefficient (Wildman–Crippen LogP) is -0.509. The van der Waals surface area contributed by atoms with E-state index in [-0.39, 0.29) is 18.1 Å². The van der Waals surface area contributed by atoms with Crippen LogP contribution in [0.25, 0.3) is 5.65 Å². The fraction of sp³-hybridized carbons (Fsp3) is 0.375. The molecule has 0 radical (unpaired) electrons. The molecule has 0 aromatic carbocycles. The summed E-state index contributed by atoms with van der Waals surface area (Å²) in [6.45, 7) is 0.0873. The van der Waals surface area contributed by atoms with Gasteiger partial charge in [-0.05, 0) is 0 Å². The van der Waals surface area contributed by atoms with E-state index in [1.807, 2.05) is 0 Å². The Morgan fingerprint density at radius 1 is 1.60 bits per heavy atom. The molecule has 0 aliphatic rings. The maximum atomic E-state index is 11.7. The Morgan fingerprint density at radius 3 is 3.07 bits per heavy atom. The maximum absolute atomic E-state index is 11.7. The monoisotopic (exact) mass is 228 g/mol. The zero-order chi connectivity index (χ0) is 10.8. The lowest BCUT2D eigenvalue weighted by Gasteiger charge is -2.03. The van der Waals surface area contributed by atoms with E-state index in [0.29, 0.717) is 5.65 Å². The van der Waals surface area contributed by atoms with Crippen LogP contribution in [0.15, 0.2) is 23.4 Å². The second-order valence-electron chi connectivity index (χ2n) is 3.08. The average Bonchev–Trinajstić information content (AvgIpc) is 2.57. The van der Waals surface area contributed by atoms with Crippen molar-refractivity contribution >= 4 is 17.2 Å². The highest BCUT2D eigenvalue weighted by Gasteiger charge is 2.10. The van der Waals surface area contributed by atoms with Crippen LogP contribution in [0.3, 0.4) is 0 Å². The zero-order valence-corrected chi connectivity index (χ0v) is 8.50. The predicted molar refractivity (Wildman–Crippen MR) is 54.0 cm³/mol. The van der Waals surface area contributed by atoms with Gasteiger partial charge in [0, 0.05) is 12.4 Å². The number of aliphatic hydroxyl groups excluding tert-OH is 1. The molecule has 15 heavy (non-hydrogen) atoms. The normalized spacial score (nSPS) is 13.2. The highest BCUT2D eigenvalue weighted by molar-refractivity contribution is 6.18. The number of hydrogen-bond acceptors (Lipinski definition) is 4. The van der Waals surface area contributed by atoms with Crippen molar-refractivity contribution in [3.63, 3.8) is 0 Å². The second kappa shape index (κ2) is 4.00. The van der Waals surface area contributed by atoms with Gasteiger partial charge in [-0.15, -0.1) is 16.7 Å². The summed E-state index contributed by atoms with van der Waals surface area (Å²) in [4.78, 5) is 15.5. The van der Waals surface area contributed by atoms with Crippen molar-refractivity contribution in [1.29, 1.82) is 0 Å². The Balaban J connectivity index is 2.45. The lowest BCUT2D eigenvalue weighted by atomic mass is 10.4. The van der Waals surface area contributed by atoms with Gasteiger partial charge in [0.15, 0.2) is 5.65 Å². The van der Waals surface area contributed by atoms with Gasteiger partial charge in [-0.25, -0.2) is 13.9 Å². The van der Waals surface area contributed by atoms with E-state index in [1.165, 1.54) is 27.7 Å². The minimum Gasteiger partial charge on any atom is -0.390 e. The first-order valence-electron chi connectivity index (χ1n) is 4.35. The van der Waals surface area contributed by atoms with Crippen molar-refractivity contribution in [2.45, 2.75) is 12.6 Å². The number of nitrogens with zero attached hydrogens (tertiary/aromatic N) is 4. The van der Waals surface area contributed by atoms with E-state index in [9.17, 15) is 9.90 Å². The summed E-state index contributed by atoms with van der Waals surface area (Å²) in [5, 5.41) is 13.3. The largest absolute Gasteiger partial charge is 0.390 e. The van der Waals surface area contributed by atoms with Crippen LogP contribution in [0, 0.1) is 0 Å². The fourth-order valence-corrected chi connectivity index (χ4v) is 1.34. The number of fused-ring (bicyclic) bond motifs is 1. The minimum atomic E-state index is -0.776. The first-order valence-corrected chi connectivity index (χ1v) is 4.89. The highest BCUT2D eigenvalue weighted by atomic mass is 35.5. The number of rotatable bonds is 3. The smallest absolute Gasteiger partial charge is 0.350 e. The van der Waals surface area contributed by atoms with E-state index >= 15 is 0 Å². The van der Waals surface area contributed by atoms with Crippen molar-refractivity contribution in [1.82, 2.24) is 19.2 Å². The molecule has 0 saturated carbocycles. The molecular formula is C8H9ClN4O2. The molecule has 2 rings (SSSR count).